The fraction of sp³-hybridized carbons (Fsp3) is 0.308. The SMILES string of the molecule is CC(C)NCc1cnc(-c2cc(F)cc(Cl)c2)s1. The lowest BCUT2D eigenvalue weighted by atomic mass is 10.2. The molecule has 0 radical (unpaired) electrons. The van der Waals surface area contributed by atoms with E-state index in [0.29, 0.717) is 11.1 Å². The lowest BCUT2D eigenvalue weighted by Crippen LogP contribution is -2.21. The molecule has 1 aromatic heterocycles. The molecule has 18 heavy (non-hydrogen) atoms. The van der Waals surface area contributed by atoms with Crippen molar-refractivity contribution < 1.29 is 4.39 Å². The summed E-state index contributed by atoms with van der Waals surface area (Å²) in [6.07, 6.45) is 1.81. The van der Waals surface area contributed by atoms with E-state index in [1.165, 1.54) is 12.1 Å². The van der Waals surface area contributed by atoms with Gasteiger partial charge in [0.05, 0.1) is 0 Å². The van der Waals surface area contributed by atoms with Gasteiger partial charge in [0.15, 0.2) is 0 Å². The fourth-order valence-corrected chi connectivity index (χ4v) is 2.58. The van der Waals surface area contributed by atoms with Crippen LogP contribution in [-0.2, 0) is 6.54 Å². The van der Waals surface area contributed by atoms with Crippen molar-refractivity contribution in [1.82, 2.24) is 10.3 Å². The molecule has 0 aliphatic heterocycles. The monoisotopic (exact) mass is 284 g/mol. The number of nitrogens with zero attached hydrogens (tertiary/aromatic N) is 1. The van der Waals surface area contributed by atoms with Crippen LogP contribution in [0.15, 0.2) is 24.4 Å². The molecule has 0 aliphatic rings. The van der Waals surface area contributed by atoms with Gasteiger partial charge in [-0.3, -0.25) is 0 Å². The molecule has 96 valence electrons. The summed E-state index contributed by atoms with van der Waals surface area (Å²) in [4.78, 5) is 5.42. The Morgan fingerprint density at radius 3 is 2.83 bits per heavy atom. The van der Waals surface area contributed by atoms with Crippen LogP contribution in [0.3, 0.4) is 0 Å². The second kappa shape index (κ2) is 5.78. The van der Waals surface area contributed by atoms with E-state index in [2.05, 4.69) is 24.1 Å². The molecule has 2 nitrogen and oxygen atoms in total. The van der Waals surface area contributed by atoms with Crippen LogP contribution in [0.1, 0.15) is 18.7 Å². The molecule has 2 aromatic rings. The summed E-state index contributed by atoms with van der Waals surface area (Å²) in [5.41, 5.74) is 0.723. The molecule has 0 amide bonds. The molecule has 2 rings (SSSR count). The van der Waals surface area contributed by atoms with Crippen molar-refractivity contribution in [3.8, 4) is 10.6 Å². The molecule has 0 saturated carbocycles. The maximum absolute atomic E-state index is 13.3. The van der Waals surface area contributed by atoms with Crippen molar-refractivity contribution in [2.24, 2.45) is 0 Å². The first kappa shape index (κ1) is 13.5. The Labute approximate surface area is 115 Å². The molecule has 0 bridgehead atoms. The highest BCUT2D eigenvalue weighted by molar-refractivity contribution is 7.15. The van der Waals surface area contributed by atoms with Crippen LogP contribution in [0.2, 0.25) is 5.02 Å². The highest BCUT2D eigenvalue weighted by Crippen LogP contribution is 2.28. The second-order valence-electron chi connectivity index (χ2n) is 4.33. The number of hydrogen-bond acceptors (Lipinski definition) is 3. The van der Waals surface area contributed by atoms with Crippen LogP contribution in [0.5, 0.6) is 0 Å². The summed E-state index contributed by atoms with van der Waals surface area (Å²) >= 11 is 7.38. The first-order chi connectivity index (χ1) is 8.54. The topological polar surface area (TPSA) is 24.9 Å². The number of hydrogen-bond donors (Lipinski definition) is 1. The van der Waals surface area contributed by atoms with Crippen LogP contribution in [0.4, 0.5) is 4.39 Å². The molecular weight excluding hydrogens is 271 g/mol. The molecule has 0 spiro atoms. The summed E-state index contributed by atoms with van der Waals surface area (Å²) < 4.78 is 13.3. The van der Waals surface area contributed by atoms with Gasteiger partial charge in [0.1, 0.15) is 10.8 Å². The lowest BCUT2D eigenvalue weighted by Gasteiger charge is -2.04. The maximum atomic E-state index is 13.3. The maximum Gasteiger partial charge on any atom is 0.125 e. The number of benzene rings is 1. The minimum Gasteiger partial charge on any atom is -0.310 e. The standard InChI is InChI=1S/C13H14ClFN2S/c1-8(2)16-6-12-7-17-13(18-12)9-3-10(14)5-11(15)4-9/h3-5,7-8,16H,6H2,1-2H3. The Balaban J connectivity index is 2.18. The summed E-state index contributed by atoms with van der Waals surface area (Å²) in [6, 6.07) is 4.90. The van der Waals surface area contributed by atoms with Crippen molar-refractivity contribution in [3.63, 3.8) is 0 Å². The smallest absolute Gasteiger partial charge is 0.125 e. The predicted octanol–water partition coefficient (Wildman–Crippen LogP) is 4.10. The highest BCUT2D eigenvalue weighted by atomic mass is 35.5. The summed E-state index contributed by atoms with van der Waals surface area (Å²) in [5.74, 6) is -0.338. The molecule has 1 heterocycles. The van der Waals surface area contributed by atoms with Crippen molar-refractivity contribution in [2.45, 2.75) is 26.4 Å². The number of rotatable bonds is 4. The summed E-state index contributed by atoms with van der Waals surface area (Å²) in [6.45, 7) is 4.96. The highest BCUT2D eigenvalue weighted by Gasteiger charge is 2.07. The minimum absolute atomic E-state index is 0.338. The Morgan fingerprint density at radius 2 is 2.17 bits per heavy atom. The van der Waals surface area contributed by atoms with Gasteiger partial charge in [-0.15, -0.1) is 11.3 Å². The first-order valence-electron chi connectivity index (χ1n) is 5.69. The van der Waals surface area contributed by atoms with Gasteiger partial charge < -0.3 is 5.32 Å². The van der Waals surface area contributed by atoms with E-state index in [1.807, 2.05) is 6.20 Å². The average Bonchev–Trinajstić information content (AvgIpc) is 2.73. The van der Waals surface area contributed by atoms with E-state index in [9.17, 15) is 4.39 Å². The van der Waals surface area contributed by atoms with E-state index >= 15 is 0 Å². The Morgan fingerprint density at radius 1 is 1.39 bits per heavy atom. The molecule has 0 aliphatic carbocycles. The molecule has 1 N–H and O–H groups in total. The lowest BCUT2D eigenvalue weighted by molar-refractivity contribution is 0.593. The zero-order valence-corrected chi connectivity index (χ0v) is 11.8. The first-order valence-corrected chi connectivity index (χ1v) is 6.88. The third kappa shape index (κ3) is 3.51. The Kier molecular flexibility index (Phi) is 4.32. The number of nitrogens with one attached hydrogen (secondary N) is 1. The van der Waals surface area contributed by atoms with Crippen LogP contribution in [0.25, 0.3) is 10.6 Å². The molecule has 0 fully saturated rings. The van der Waals surface area contributed by atoms with Crippen LogP contribution in [0, 0.1) is 5.82 Å². The Bertz CT molecular complexity index is 519. The van der Waals surface area contributed by atoms with Gasteiger partial charge >= 0.3 is 0 Å². The van der Waals surface area contributed by atoms with Crippen molar-refractivity contribution in [3.05, 3.63) is 40.1 Å². The molecule has 0 unspecified atom stereocenters. The summed E-state index contributed by atoms with van der Waals surface area (Å²) in [5, 5.41) is 4.50. The van der Waals surface area contributed by atoms with Gasteiger partial charge in [-0.05, 0) is 18.2 Å². The van der Waals surface area contributed by atoms with Gasteiger partial charge in [0.25, 0.3) is 0 Å². The van der Waals surface area contributed by atoms with E-state index in [1.54, 1.807) is 17.4 Å². The van der Waals surface area contributed by atoms with Crippen LogP contribution < -0.4 is 5.32 Å². The third-order valence-corrected chi connectivity index (χ3v) is 3.61. The van der Waals surface area contributed by atoms with E-state index in [0.717, 1.165) is 22.0 Å². The van der Waals surface area contributed by atoms with E-state index < -0.39 is 0 Å². The quantitative estimate of drug-likeness (QED) is 0.914. The van der Waals surface area contributed by atoms with E-state index in [-0.39, 0.29) is 5.82 Å². The van der Waals surface area contributed by atoms with Crippen LogP contribution in [-0.4, -0.2) is 11.0 Å². The normalized spacial score (nSPS) is 11.2. The molecule has 1 aromatic carbocycles. The fourth-order valence-electron chi connectivity index (χ4n) is 1.50. The molecule has 0 saturated heterocycles. The van der Waals surface area contributed by atoms with Gasteiger partial charge in [-0.1, -0.05) is 25.4 Å². The number of thiazole rings is 1. The van der Waals surface area contributed by atoms with Crippen molar-refractivity contribution in [2.75, 3.05) is 0 Å². The molecular formula is C13H14ClFN2S. The van der Waals surface area contributed by atoms with Crippen molar-refractivity contribution in [1.29, 1.82) is 0 Å². The molecule has 5 heteroatoms. The van der Waals surface area contributed by atoms with Gasteiger partial charge in [0, 0.05) is 34.2 Å². The van der Waals surface area contributed by atoms with Gasteiger partial charge in [-0.2, -0.15) is 0 Å². The second-order valence-corrected chi connectivity index (χ2v) is 5.88. The van der Waals surface area contributed by atoms with E-state index in [4.69, 9.17) is 11.6 Å². The summed E-state index contributed by atoms with van der Waals surface area (Å²) in [7, 11) is 0. The van der Waals surface area contributed by atoms with Gasteiger partial charge in [-0.25, -0.2) is 9.37 Å². The van der Waals surface area contributed by atoms with Crippen LogP contribution >= 0.6 is 22.9 Å². The Hall–Kier alpha value is -0.970. The predicted molar refractivity (Wildman–Crippen MR) is 74.5 cm³/mol. The minimum atomic E-state index is -0.338. The third-order valence-electron chi connectivity index (χ3n) is 2.35. The molecule has 0 atom stereocenters. The average molecular weight is 285 g/mol. The zero-order valence-electron chi connectivity index (χ0n) is 10.2. The number of aromatic nitrogens is 1. The number of halogens is 2. The largest absolute Gasteiger partial charge is 0.310 e. The van der Waals surface area contributed by atoms with Gasteiger partial charge in [0.2, 0.25) is 0 Å². The zero-order chi connectivity index (χ0) is 13.1. The van der Waals surface area contributed by atoms with Crippen molar-refractivity contribution >= 4 is 22.9 Å².